The Bertz CT molecular complexity index is 1230. The molecule has 0 atom stereocenters. The fourth-order valence-corrected chi connectivity index (χ4v) is 2.26. The minimum Gasteiger partial charge on any atom is -0.399 e. The van der Waals surface area contributed by atoms with Crippen molar-refractivity contribution in [2.45, 2.75) is 0 Å². The van der Waals surface area contributed by atoms with Gasteiger partial charge in [-0.2, -0.15) is 0 Å². The summed E-state index contributed by atoms with van der Waals surface area (Å²) in [6.07, 6.45) is 0. The molecule has 0 unspecified atom stereocenters. The first kappa shape index (κ1) is 17.5. The van der Waals surface area contributed by atoms with Gasteiger partial charge in [0.05, 0.1) is 11.4 Å². The number of H-pyrrole nitrogens is 4. The van der Waals surface area contributed by atoms with Gasteiger partial charge in [-0.3, -0.25) is 4.98 Å². The van der Waals surface area contributed by atoms with Crippen LogP contribution < -0.4 is 28.5 Å². The maximum atomic E-state index is 11.2. The number of rotatable bonds is 2. The van der Waals surface area contributed by atoms with Gasteiger partial charge in [-0.25, -0.2) is 43.7 Å². The van der Waals surface area contributed by atoms with Gasteiger partial charge >= 0.3 is 22.8 Å². The van der Waals surface area contributed by atoms with Gasteiger partial charge in [0.1, 0.15) is 0 Å². The summed E-state index contributed by atoms with van der Waals surface area (Å²) < 4.78 is 2.14. The maximum Gasteiger partial charge on any atom is 0.349 e. The molecule has 0 spiro atoms. The Morgan fingerprint density at radius 2 is 1.30 bits per heavy atom. The molecule has 11 nitrogen and oxygen atoms in total. The number of aromatic nitrogens is 6. The fourth-order valence-electron chi connectivity index (χ4n) is 2.26. The minimum atomic E-state index is -0.506. The maximum absolute atomic E-state index is 11.2. The lowest BCUT2D eigenvalue weighted by Gasteiger charge is -1.98. The van der Waals surface area contributed by atoms with Crippen LogP contribution in [0, 0.1) is 0 Å². The molecule has 138 valence electrons. The van der Waals surface area contributed by atoms with Crippen molar-refractivity contribution in [3.05, 3.63) is 96.5 Å². The van der Waals surface area contributed by atoms with E-state index in [4.69, 9.17) is 5.73 Å². The van der Waals surface area contributed by atoms with Crippen LogP contribution in [-0.4, -0.2) is 29.5 Å². The number of nitrogen functional groups attached to an aromatic ring is 1. The third-order valence-corrected chi connectivity index (χ3v) is 3.49. The molecule has 0 fully saturated rings. The van der Waals surface area contributed by atoms with Crippen molar-refractivity contribution >= 4 is 5.69 Å². The number of benzene rings is 2. The van der Waals surface area contributed by atoms with Crippen LogP contribution in [0.4, 0.5) is 5.69 Å². The van der Waals surface area contributed by atoms with Crippen LogP contribution in [0.15, 0.2) is 73.8 Å². The lowest BCUT2D eigenvalue weighted by Crippen LogP contribution is -2.24. The second kappa shape index (κ2) is 7.31. The van der Waals surface area contributed by atoms with E-state index in [0.29, 0.717) is 17.1 Å². The predicted molar refractivity (Wildman–Crippen MR) is 98.4 cm³/mol. The SMILES string of the molecule is Nc1ccc(-n2c(=O)[nH][nH]c2=O)cc1.O=c1[nH]c(=O)n(-c2ccccc2)[nH]1. The van der Waals surface area contributed by atoms with Gasteiger partial charge in [0.2, 0.25) is 0 Å². The van der Waals surface area contributed by atoms with E-state index in [-0.39, 0.29) is 0 Å². The minimum absolute atomic E-state index is 0.462. The van der Waals surface area contributed by atoms with Gasteiger partial charge in [-0.15, -0.1) is 0 Å². The van der Waals surface area contributed by atoms with E-state index in [1.807, 2.05) is 6.07 Å². The fraction of sp³-hybridized carbons (Fsp3) is 0. The Kier molecular flexibility index (Phi) is 4.75. The summed E-state index contributed by atoms with van der Waals surface area (Å²) in [6, 6.07) is 15.3. The molecule has 4 aromatic rings. The van der Waals surface area contributed by atoms with Crippen LogP contribution in [0.3, 0.4) is 0 Å². The highest BCUT2D eigenvalue weighted by atomic mass is 16.2. The van der Waals surface area contributed by atoms with E-state index >= 15 is 0 Å². The summed E-state index contributed by atoms with van der Waals surface area (Å²) in [4.78, 5) is 46.3. The van der Waals surface area contributed by atoms with Crippen LogP contribution in [0.5, 0.6) is 0 Å². The molecule has 0 saturated carbocycles. The second-order valence-corrected chi connectivity index (χ2v) is 5.33. The van der Waals surface area contributed by atoms with Gasteiger partial charge in [0, 0.05) is 5.69 Å². The van der Waals surface area contributed by atoms with Gasteiger partial charge in [0.15, 0.2) is 0 Å². The van der Waals surface area contributed by atoms with Crippen LogP contribution in [-0.2, 0) is 0 Å². The van der Waals surface area contributed by atoms with Gasteiger partial charge in [-0.1, -0.05) is 18.2 Å². The first-order chi connectivity index (χ1) is 13.0. The third kappa shape index (κ3) is 3.87. The van der Waals surface area contributed by atoms with Crippen molar-refractivity contribution in [1.29, 1.82) is 0 Å². The number of nitrogens with zero attached hydrogens (tertiary/aromatic N) is 2. The number of aromatic amines is 4. The van der Waals surface area contributed by atoms with E-state index in [1.165, 1.54) is 0 Å². The molecule has 2 aromatic heterocycles. The lowest BCUT2D eigenvalue weighted by atomic mass is 10.3. The molecule has 0 bridgehead atoms. The molecule has 2 aromatic carbocycles. The quantitative estimate of drug-likeness (QED) is 0.294. The highest BCUT2D eigenvalue weighted by Crippen LogP contribution is 2.06. The summed E-state index contributed by atoms with van der Waals surface area (Å²) in [5.74, 6) is 0. The number of anilines is 1. The Hall–Kier alpha value is -4.28. The van der Waals surface area contributed by atoms with Crippen molar-refractivity contribution in [2.75, 3.05) is 5.73 Å². The van der Waals surface area contributed by atoms with Crippen molar-refractivity contribution in [3.63, 3.8) is 0 Å². The standard InChI is InChI=1S/C8H8N4O2.C8H7N3O2/c9-5-1-3-6(4-2-5)12-7(13)10-11-8(12)14;12-7-9-8(13)11(10-7)6-4-2-1-3-5-6/h1-4H,9H2,(H,10,13)(H,11,14);1-5H,(H2,9,10,12,13). The number of nitrogens with two attached hydrogens (primary N) is 1. The summed E-state index contributed by atoms with van der Waals surface area (Å²) in [7, 11) is 0. The number of hydrogen-bond acceptors (Lipinski definition) is 5. The van der Waals surface area contributed by atoms with E-state index in [9.17, 15) is 19.2 Å². The lowest BCUT2D eigenvalue weighted by molar-refractivity contribution is 0.834. The smallest absolute Gasteiger partial charge is 0.349 e. The molecule has 11 heteroatoms. The molecule has 27 heavy (non-hydrogen) atoms. The molecule has 0 aliphatic carbocycles. The van der Waals surface area contributed by atoms with Gasteiger partial charge in [-0.05, 0) is 36.4 Å². The Balaban J connectivity index is 0.000000156. The number of nitrogens with one attached hydrogen (secondary N) is 4. The molecular formula is C16H15N7O4. The molecule has 0 aliphatic rings. The average molecular weight is 369 g/mol. The van der Waals surface area contributed by atoms with Crippen LogP contribution >= 0.6 is 0 Å². The molecular weight excluding hydrogens is 354 g/mol. The summed E-state index contributed by atoms with van der Waals surface area (Å²) in [6.45, 7) is 0. The van der Waals surface area contributed by atoms with E-state index < -0.39 is 22.8 Å². The monoisotopic (exact) mass is 369 g/mol. The number of para-hydroxylation sites is 1. The van der Waals surface area contributed by atoms with Crippen molar-refractivity contribution in [1.82, 2.24) is 29.5 Å². The van der Waals surface area contributed by atoms with E-state index in [2.05, 4.69) is 20.3 Å². The Morgan fingerprint density at radius 1 is 0.704 bits per heavy atom. The van der Waals surface area contributed by atoms with Crippen molar-refractivity contribution < 1.29 is 0 Å². The highest BCUT2D eigenvalue weighted by Gasteiger charge is 2.04. The highest BCUT2D eigenvalue weighted by molar-refractivity contribution is 5.44. The van der Waals surface area contributed by atoms with Crippen LogP contribution in [0.1, 0.15) is 0 Å². The zero-order valence-corrected chi connectivity index (χ0v) is 13.8. The van der Waals surface area contributed by atoms with E-state index in [0.717, 1.165) is 9.25 Å². The summed E-state index contributed by atoms with van der Waals surface area (Å²) in [5.41, 5.74) is 5.19. The average Bonchev–Trinajstić information content (AvgIpc) is 3.18. The first-order valence-electron chi connectivity index (χ1n) is 7.68. The number of hydrogen-bond donors (Lipinski definition) is 5. The molecule has 2 heterocycles. The third-order valence-electron chi connectivity index (χ3n) is 3.49. The van der Waals surface area contributed by atoms with Crippen molar-refractivity contribution in [3.8, 4) is 11.4 Å². The van der Waals surface area contributed by atoms with Crippen LogP contribution in [0.2, 0.25) is 0 Å². The topological polar surface area (TPSA) is 167 Å². The zero-order chi connectivity index (χ0) is 19.4. The van der Waals surface area contributed by atoms with Crippen molar-refractivity contribution in [2.24, 2.45) is 0 Å². The largest absolute Gasteiger partial charge is 0.399 e. The zero-order valence-electron chi connectivity index (χ0n) is 13.8. The predicted octanol–water partition coefficient (Wildman–Crippen LogP) is -0.710. The van der Waals surface area contributed by atoms with Gasteiger partial charge in [0.25, 0.3) is 0 Å². The van der Waals surface area contributed by atoms with Crippen LogP contribution in [0.25, 0.3) is 11.4 Å². The molecule has 0 aliphatic heterocycles. The summed E-state index contributed by atoms with van der Waals surface area (Å²) >= 11 is 0. The first-order valence-corrected chi connectivity index (χ1v) is 7.68. The molecule has 0 radical (unpaired) electrons. The molecule has 6 N–H and O–H groups in total. The van der Waals surface area contributed by atoms with E-state index in [1.54, 1.807) is 48.5 Å². The Morgan fingerprint density at radius 3 is 1.81 bits per heavy atom. The summed E-state index contributed by atoms with van der Waals surface area (Å²) in [5, 5.41) is 6.73. The van der Waals surface area contributed by atoms with Gasteiger partial charge < -0.3 is 5.73 Å². The molecule has 0 amide bonds. The Labute approximate surface area is 149 Å². The second-order valence-electron chi connectivity index (χ2n) is 5.33. The normalized spacial score (nSPS) is 10.2. The molecule has 0 saturated heterocycles. The molecule has 4 rings (SSSR count).